The molecule has 1 aromatic carbocycles. The summed E-state index contributed by atoms with van der Waals surface area (Å²) in [5.74, 6) is 0. The molecule has 3 heterocycles. The molecule has 5 atom stereocenters. The number of aryl methyl sites for hydroxylation is 1. The maximum Gasteiger partial charge on any atom is 0.164 e. The van der Waals surface area contributed by atoms with Crippen LogP contribution in [0.15, 0.2) is 48.9 Å². The van der Waals surface area contributed by atoms with E-state index < -0.39 is 30.6 Å². The Hall–Kier alpha value is -2.32. The van der Waals surface area contributed by atoms with Crippen molar-refractivity contribution in [3.05, 3.63) is 60.2 Å². The number of rotatable bonds is 3. The maximum atomic E-state index is 10.6. The predicted octanol–water partition coefficient (Wildman–Crippen LogP) is 1.09. The molecule has 1 saturated heterocycles. The zero-order valence-corrected chi connectivity index (χ0v) is 13.6. The van der Waals surface area contributed by atoms with Crippen molar-refractivity contribution in [2.24, 2.45) is 0 Å². The Morgan fingerprint density at radius 1 is 1.08 bits per heavy atom. The number of aromatic nitrogens is 3. The minimum atomic E-state index is -1.22. The normalized spacial score (nSPS) is 27.7. The van der Waals surface area contributed by atoms with Gasteiger partial charge in [0.2, 0.25) is 0 Å². The predicted molar refractivity (Wildman–Crippen MR) is 89.6 cm³/mol. The summed E-state index contributed by atoms with van der Waals surface area (Å²) in [6, 6.07) is 10.8. The van der Waals surface area contributed by atoms with Crippen LogP contribution < -0.4 is 0 Å². The molecule has 0 spiro atoms. The number of aliphatic hydroxyl groups excluding tert-OH is 3. The van der Waals surface area contributed by atoms with E-state index in [1.54, 1.807) is 35.0 Å². The van der Waals surface area contributed by atoms with Crippen molar-refractivity contribution in [2.45, 2.75) is 37.6 Å². The average molecular weight is 341 g/mol. The van der Waals surface area contributed by atoms with Gasteiger partial charge in [0, 0.05) is 11.6 Å². The molecule has 0 amide bonds. The summed E-state index contributed by atoms with van der Waals surface area (Å²) < 4.78 is 7.51. The van der Waals surface area contributed by atoms with Gasteiger partial charge in [-0.05, 0) is 18.6 Å². The molecule has 0 aliphatic carbocycles. The van der Waals surface area contributed by atoms with E-state index in [-0.39, 0.29) is 0 Å². The quantitative estimate of drug-likeness (QED) is 0.659. The number of fused-ring (bicyclic) bond motifs is 1. The highest BCUT2D eigenvalue weighted by molar-refractivity contribution is 5.78. The summed E-state index contributed by atoms with van der Waals surface area (Å²) in [5, 5.41) is 32.3. The molecular formula is C18H19N3O4. The number of hydrogen-bond acceptors (Lipinski definition) is 6. The number of aliphatic hydroxyl groups is 3. The molecule has 0 saturated carbocycles. The molecule has 1 fully saturated rings. The Balaban J connectivity index is 1.67. The maximum absolute atomic E-state index is 10.6. The van der Waals surface area contributed by atoms with Gasteiger partial charge in [-0.1, -0.05) is 30.3 Å². The second-order valence-corrected chi connectivity index (χ2v) is 6.25. The van der Waals surface area contributed by atoms with Crippen LogP contribution in [0.25, 0.3) is 11.0 Å². The van der Waals surface area contributed by atoms with Crippen molar-refractivity contribution >= 4 is 11.0 Å². The summed E-state index contributed by atoms with van der Waals surface area (Å²) in [5.41, 5.74) is 2.05. The number of hydrogen-bond donors (Lipinski definition) is 3. The molecule has 3 aromatic rings. The van der Waals surface area contributed by atoms with E-state index in [1.807, 2.05) is 19.1 Å². The minimum Gasteiger partial charge on any atom is -0.387 e. The van der Waals surface area contributed by atoms with Gasteiger partial charge in [0.15, 0.2) is 6.23 Å². The van der Waals surface area contributed by atoms with Crippen LogP contribution in [0.5, 0.6) is 0 Å². The van der Waals surface area contributed by atoms with E-state index in [2.05, 4.69) is 9.97 Å². The van der Waals surface area contributed by atoms with Gasteiger partial charge in [0.05, 0.1) is 5.69 Å². The zero-order valence-electron chi connectivity index (χ0n) is 13.6. The van der Waals surface area contributed by atoms with Crippen LogP contribution >= 0.6 is 0 Å². The van der Waals surface area contributed by atoms with Crippen molar-refractivity contribution < 1.29 is 20.1 Å². The van der Waals surface area contributed by atoms with Crippen LogP contribution in [0.1, 0.15) is 23.6 Å². The second-order valence-electron chi connectivity index (χ2n) is 6.25. The van der Waals surface area contributed by atoms with Crippen molar-refractivity contribution in [2.75, 3.05) is 0 Å². The summed E-state index contributed by atoms with van der Waals surface area (Å²) in [7, 11) is 0. The molecule has 25 heavy (non-hydrogen) atoms. The van der Waals surface area contributed by atoms with E-state index in [0.29, 0.717) is 11.2 Å². The molecule has 7 nitrogen and oxygen atoms in total. The van der Waals surface area contributed by atoms with Crippen LogP contribution in [0.4, 0.5) is 0 Å². The fourth-order valence-electron chi connectivity index (χ4n) is 3.32. The first-order valence-electron chi connectivity index (χ1n) is 8.10. The number of nitrogens with zero attached hydrogens (tertiary/aromatic N) is 3. The Morgan fingerprint density at radius 2 is 1.84 bits per heavy atom. The molecule has 130 valence electrons. The van der Waals surface area contributed by atoms with E-state index >= 15 is 0 Å². The third kappa shape index (κ3) is 2.61. The summed E-state index contributed by atoms with van der Waals surface area (Å²) >= 11 is 0. The van der Waals surface area contributed by atoms with Crippen LogP contribution in [0, 0.1) is 6.92 Å². The van der Waals surface area contributed by atoms with Crippen molar-refractivity contribution in [3.63, 3.8) is 0 Å². The van der Waals surface area contributed by atoms with E-state index in [9.17, 15) is 15.3 Å². The molecule has 1 aliphatic rings. The van der Waals surface area contributed by atoms with Gasteiger partial charge in [-0.25, -0.2) is 9.97 Å². The first kappa shape index (κ1) is 16.2. The first-order chi connectivity index (χ1) is 12.1. The van der Waals surface area contributed by atoms with Crippen LogP contribution in [0.3, 0.4) is 0 Å². The minimum absolute atomic E-state index is 0.610. The van der Waals surface area contributed by atoms with E-state index in [0.717, 1.165) is 11.1 Å². The highest BCUT2D eigenvalue weighted by atomic mass is 16.6. The molecular weight excluding hydrogens is 322 g/mol. The van der Waals surface area contributed by atoms with Gasteiger partial charge in [-0.2, -0.15) is 0 Å². The molecule has 1 aliphatic heterocycles. The van der Waals surface area contributed by atoms with Gasteiger partial charge in [0.25, 0.3) is 0 Å². The number of benzene rings is 1. The third-order valence-corrected chi connectivity index (χ3v) is 4.71. The summed E-state index contributed by atoms with van der Waals surface area (Å²) in [6.45, 7) is 1.87. The Labute approximate surface area is 144 Å². The van der Waals surface area contributed by atoms with E-state index in [1.165, 1.54) is 6.33 Å². The lowest BCUT2D eigenvalue weighted by Gasteiger charge is -2.21. The van der Waals surface area contributed by atoms with Crippen molar-refractivity contribution in [1.82, 2.24) is 14.5 Å². The summed E-state index contributed by atoms with van der Waals surface area (Å²) in [4.78, 5) is 8.40. The molecule has 0 bridgehead atoms. The molecule has 0 radical (unpaired) electrons. The number of ether oxygens (including phenoxy) is 1. The van der Waals surface area contributed by atoms with Crippen molar-refractivity contribution in [1.29, 1.82) is 0 Å². The monoisotopic (exact) mass is 341 g/mol. The highest BCUT2D eigenvalue weighted by Gasteiger charge is 2.47. The molecule has 5 unspecified atom stereocenters. The SMILES string of the molecule is Cc1ncnc2c1ccn2C1OC(C(O)c2ccccc2)C(O)C1O. The lowest BCUT2D eigenvalue weighted by atomic mass is 9.99. The van der Waals surface area contributed by atoms with Crippen molar-refractivity contribution in [3.8, 4) is 0 Å². The lowest BCUT2D eigenvalue weighted by Crippen LogP contribution is -2.34. The van der Waals surface area contributed by atoms with Crippen LogP contribution in [0.2, 0.25) is 0 Å². The molecule has 4 rings (SSSR count). The van der Waals surface area contributed by atoms with Gasteiger partial charge in [-0.3, -0.25) is 0 Å². The Kier molecular flexibility index (Phi) is 4.01. The van der Waals surface area contributed by atoms with Gasteiger partial charge >= 0.3 is 0 Å². The second kappa shape index (κ2) is 6.20. The van der Waals surface area contributed by atoms with Gasteiger partial charge < -0.3 is 24.6 Å². The van der Waals surface area contributed by atoms with Gasteiger partial charge in [-0.15, -0.1) is 0 Å². The fraction of sp³-hybridized carbons (Fsp3) is 0.333. The lowest BCUT2D eigenvalue weighted by molar-refractivity contribution is -0.0848. The molecule has 2 aromatic heterocycles. The average Bonchev–Trinajstić information content (AvgIpc) is 3.18. The fourth-order valence-corrected chi connectivity index (χ4v) is 3.32. The zero-order chi connectivity index (χ0) is 17.6. The topological polar surface area (TPSA) is 101 Å². The Bertz CT molecular complexity index is 882. The standard InChI is InChI=1S/C18H19N3O4/c1-10-12-7-8-21(17(12)20-9-19-10)18-15(24)14(23)16(25-18)13(22)11-5-3-2-4-6-11/h2-9,13-16,18,22-24H,1H3. The highest BCUT2D eigenvalue weighted by Crippen LogP contribution is 2.37. The van der Waals surface area contributed by atoms with E-state index in [4.69, 9.17) is 4.74 Å². The van der Waals surface area contributed by atoms with Crippen LogP contribution in [-0.4, -0.2) is 48.2 Å². The molecule has 3 N–H and O–H groups in total. The summed E-state index contributed by atoms with van der Waals surface area (Å²) in [6.07, 6.45) is -2.05. The molecule has 7 heteroatoms. The first-order valence-corrected chi connectivity index (χ1v) is 8.10. The smallest absolute Gasteiger partial charge is 0.164 e. The largest absolute Gasteiger partial charge is 0.387 e. The Morgan fingerprint density at radius 3 is 2.60 bits per heavy atom. The van der Waals surface area contributed by atoms with Gasteiger partial charge in [0.1, 0.15) is 36.4 Å². The third-order valence-electron chi connectivity index (χ3n) is 4.71. The van der Waals surface area contributed by atoms with Crippen LogP contribution in [-0.2, 0) is 4.74 Å².